The van der Waals surface area contributed by atoms with Gasteiger partial charge in [-0.2, -0.15) is 0 Å². The number of aliphatic hydroxyl groups excluding tert-OH is 1. The SMILES string of the molecule is Cc1c(C)c(=O)n(CC(O)CNC(C)(C)C)[nH]c1=O. The van der Waals surface area contributed by atoms with Crippen molar-refractivity contribution in [2.75, 3.05) is 6.54 Å². The lowest BCUT2D eigenvalue weighted by molar-refractivity contribution is 0.135. The molecule has 1 aromatic rings. The van der Waals surface area contributed by atoms with E-state index in [0.29, 0.717) is 17.7 Å². The number of hydrogen-bond donors (Lipinski definition) is 3. The first-order valence-electron chi connectivity index (χ1n) is 6.35. The van der Waals surface area contributed by atoms with Gasteiger partial charge in [-0.25, -0.2) is 4.68 Å². The van der Waals surface area contributed by atoms with Crippen molar-refractivity contribution >= 4 is 0 Å². The van der Waals surface area contributed by atoms with E-state index in [-0.39, 0.29) is 23.2 Å². The zero-order chi connectivity index (χ0) is 14.8. The molecule has 0 saturated carbocycles. The van der Waals surface area contributed by atoms with Crippen molar-refractivity contribution in [3.8, 4) is 0 Å². The van der Waals surface area contributed by atoms with Crippen LogP contribution in [0.5, 0.6) is 0 Å². The Morgan fingerprint density at radius 2 is 1.84 bits per heavy atom. The number of H-pyrrole nitrogens is 1. The van der Waals surface area contributed by atoms with Crippen LogP contribution >= 0.6 is 0 Å². The van der Waals surface area contributed by atoms with Crippen LogP contribution in [0, 0.1) is 13.8 Å². The maximum atomic E-state index is 11.9. The highest BCUT2D eigenvalue weighted by atomic mass is 16.3. The number of aromatic nitrogens is 2. The summed E-state index contributed by atoms with van der Waals surface area (Å²) in [6.45, 7) is 9.61. The summed E-state index contributed by atoms with van der Waals surface area (Å²) < 4.78 is 1.17. The monoisotopic (exact) mass is 269 g/mol. The average Bonchev–Trinajstić information content (AvgIpc) is 2.30. The van der Waals surface area contributed by atoms with E-state index in [1.807, 2.05) is 20.8 Å². The quantitative estimate of drug-likeness (QED) is 0.712. The Bertz CT molecular complexity index is 552. The van der Waals surface area contributed by atoms with Gasteiger partial charge in [0, 0.05) is 23.2 Å². The number of nitrogens with one attached hydrogen (secondary N) is 2. The van der Waals surface area contributed by atoms with Crippen molar-refractivity contribution in [1.29, 1.82) is 0 Å². The maximum absolute atomic E-state index is 11.9. The third-order valence-electron chi connectivity index (χ3n) is 2.97. The average molecular weight is 269 g/mol. The molecule has 0 radical (unpaired) electrons. The van der Waals surface area contributed by atoms with Crippen LogP contribution in [0.3, 0.4) is 0 Å². The second-order valence-corrected chi connectivity index (χ2v) is 5.89. The normalized spacial score (nSPS) is 13.6. The number of hydrogen-bond acceptors (Lipinski definition) is 4. The molecule has 3 N–H and O–H groups in total. The summed E-state index contributed by atoms with van der Waals surface area (Å²) >= 11 is 0. The molecule has 0 saturated heterocycles. The highest BCUT2D eigenvalue weighted by Gasteiger charge is 2.14. The molecule has 6 nitrogen and oxygen atoms in total. The molecule has 0 fully saturated rings. The lowest BCUT2D eigenvalue weighted by Gasteiger charge is -2.23. The third kappa shape index (κ3) is 4.33. The molecule has 1 aromatic heterocycles. The zero-order valence-electron chi connectivity index (χ0n) is 12.2. The Morgan fingerprint density at radius 1 is 1.26 bits per heavy atom. The summed E-state index contributed by atoms with van der Waals surface area (Å²) in [7, 11) is 0. The number of aliphatic hydroxyl groups is 1. The number of aromatic amines is 1. The van der Waals surface area contributed by atoms with Gasteiger partial charge in [-0.15, -0.1) is 0 Å². The van der Waals surface area contributed by atoms with Crippen LogP contribution in [-0.2, 0) is 6.54 Å². The van der Waals surface area contributed by atoms with Crippen molar-refractivity contribution in [2.24, 2.45) is 0 Å². The van der Waals surface area contributed by atoms with E-state index >= 15 is 0 Å². The smallest absolute Gasteiger partial charge is 0.268 e. The highest BCUT2D eigenvalue weighted by Crippen LogP contribution is 1.99. The van der Waals surface area contributed by atoms with Crippen molar-refractivity contribution in [3.05, 3.63) is 31.8 Å². The molecule has 0 aliphatic rings. The van der Waals surface area contributed by atoms with Gasteiger partial charge in [0.05, 0.1) is 12.6 Å². The third-order valence-corrected chi connectivity index (χ3v) is 2.97. The molecule has 19 heavy (non-hydrogen) atoms. The second kappa shape index (κ2) is 5.71. The van der Waals surface area contributed by atoms with Crippen LogP contribution in [0.2, 0.25) is 0 Å². The molecule has 108 valence electrons. The van der Waals surface area contributed by atoms with E-state index in [2.05, 4.69) is 10.4 Å². The van der Waals surface area contributed by atoms with Gasteiger partial charge in [0.1, 0.15) is 0 Å². The maximum Gasteiger partial charge on any atom is 0.268 e. The van der Waals surface area contributed by atoms with Gasteiger partial charge in [0.15, 0.2) is 0 Å². The summed E-state index contributed by atoms with van der Waals surface area (Å²) in [4.78, 5) is 23.5. The number of β-amino-alcohol motifs (C(OH)–C–C–N with tert-alkyl or cyclic N) is 1. The van der Waals surface area contributed by atoms with E-state index < -0.39 is 6.10 Å². The predicted octanol–water partition coefficient (Wildman–Crippen LogP) is -0.0976. The van der Waals surface area contributed by atoms with Gasteiger partial charge in [0.2, 0.25) is 0 Å². The summed E-state index contributed by atoms with van der Waals surface area (Å²) in [5, 5.41) is 15.5. The second-order valence-electron chi connectivity index (χ2n) is 5.89. The van der Waals surface area contributed by atoms with Crippen LogP contribution in [0.15, 0.2) is 9.59 Å². The van der Waals surface area contributed by atoms with Crippen molar-refractivity contribution < 1.29 is 5.11 Å². The van der Waals surface area contributed by atoms with Crippen molar-refractivity contribution in [1.82, 2.24) is 15.1 Å². The van der Waals surface area contributed by atoms with E-state index in [9.17, 15) is 14.7 Å². The molecule has 0 aliphatic carbocycles. The van der Waals surface area contributed by atoms with Crippen molar-refractivity contribution in [2.45, 2.75) is 52.8 Å². The Hall–Kier alpha value is -1.40. The molecule has 1 heterocycles. The molecule has 0 amide bonds. The fourth-order valence-electron chi connectivity index (χ4n) is 1.62. The number of nitrogens with zero attached hydrogens (tertiary/aromatic N) is 1. The molecule has 1 rings (SSSR count). The lowest BCUT2D eigenvalue weighted by Crippen LogP contribution is -2.44. The minimum absolute atomic E-state index is 0.0677. The Labute approximate surface area is 112 Å². The van der Waals surface area contributed by atoms with Gasteiger partial charge in [-0.05, 0) is 34.6 Å². The molecular formula is C13H23N3O3. The molecule has 1 unspecified atom stereocenters. The van der Waals surface area contributed by atoms with E-state index in [1.165, 1.54) is 4.68 Å². The summed E-state index contributed by atoms with van der Waals surface area (Å²) in [6.07, 6.45) is -0.741. The highest BCUT2D eigenvalue weighted by molar-refractivity contribution is 5.17. The first-order chi connectivity index (χ1) is 8.61. The first-order valence-corrected chi connectivity index (χ1v) is 6.35. The molecule has 0 bridgehead atoms. The Balaban J connectivity index is 2.84. The summed E-state index contributed by atoms with van der Waals surface area (Å²) in [5.41, 5.74) is 0.158. The first kappa shape index (κ1) is 15.7. The van der Waals surface area contributed by atoms with Crippen molar-refractivity contribution in [3.63, 3.8) is 0 Å². The van der Waals surface area contributed by atoms with Crippen LogP contribution in [0.1, 0.15) is 31.9 Å². The Kier molecular flexibility index (Phi) is 4.70. The topological polar surface area (TPSA) is 87.1 Å². The lowest BCUT2D eigenvalue weighted by atomic mass is 10.1. The van der Waals surface area contributed by atoms with E-state index in [0.717, 1.165) is 0 Å². The van der Waals surface area contributed by atoms with Crippen LogP contribution in [-0.4, -0.2) is 33.1 Å². The minimum atomic E-state index is -0.741. The molecule has 1 atom stereocenters. The largest absolute Gasteiger partial charge is 0.390 e. The van der Waals surface area contributed by atoms with E-state index in [4.69, 9.17) is 0 Å². The van der Waals surface area contributed by atoms with Gasteiger partial charge in [-0.1, -0.05) is 0 Å². The minimum Gasteiger partial charge on any atom is -0.390 e. The predicted molar refractivity (Wildman–Crippen MR) is 74.6 cm³/mol. The molecular weight excluding hydrogens is 246 g/mol. The molecule has 0 aromatic carbocycles. The zero-order valence-corrected chi connectivity index (χ0v) is 12.2. The molecule has 6 heteroatoms. The summed E-state index contributed by atoms with van der Waals surface area (Å²) in [5.74, 6) is 0. The van der Waals surface area contributed by atoms with Gasteiger partial charge < -0.3 is 10.4 Å². The molecule has 0 spiro atoms. The summed E-state index contributed by atoms with van der Waals surface area (Å²) in [6, 6.07) is 0. The van der Waals surface area contributed by atoms with E-state index in [1.54, 1.807) is 13.8 Å². The fourth-order valence-corrected chi connectivity index (χ4v) is 1.62. The number of rotatable bonds is 4. The van der Waals surface area contributed by atoms with Crippen LogP contribution < -0.4 is 16.4 Å². The standard InChI is InChI=1S/C13H23N3O3/c1-8-9(2)12(19)16(15-11(8)18)7-10(17)6-14-13(3,4)5/h10,14,17H,6-7H2,1-5H3,(H,15,18). The Morgan fingerprint density at radius 3 is 2.37 bits per heavy atom. The van der Waals surface area contributed by atoms with Gasteiger partial charge >= 0.3 is 0 Å². The van der Waals surface area contributed by atoms with Gasteiger partial charge in [0.25, 0.3) is 11.1 Å². The van der Waals surface area contributed by atoms with Crippen LogP contribution in [0.25, 0.3) is 0 Å². The molecule has 0 aliphatic heterocycles. The van der Waals surface area contributed by atoms with Crippen LogP contribution in [0.4, 0.5) is 0 Å². The fraction of sp³-hybridized carbons (Fsp3) is 0.692. The van der Waals surface area contributed by atoms with Gasteiger partial charge in [-0.3, -0.25) is 14.7 Å².